The molecule has 1 atom stereocenters. The molecule has 32 heavy (non-hydrogen) atoms. The number of hydrogen-bond donors (Lipinski definition) is 1. The first-order valence-electron chi connectivity index (χ1n) is 11.4. The summed E-state index contributed by atoms with van der Waals surface area (Å²) in [6, 6.07) is 7.36. The Morgan fingerprint density at radius 1 is 1.12 bits per heavy atom. The molecule has 0 amide bonds. The number of fused-ring (bicyclic) bond motifs is 1. The molecule has 9 nitrogen and oxygen atoms in total. The fourth-order valence-electron chi connectivity index (χ4n) is 4.34. The molecule has 3 heterocycles. The number of likely N-dealkylation sites (N-methyl/N-ethyl adjacent to an activating group) is 1. The van der Waals surface area contributed by atoms with Gasteiger partial charge in [-0.15, -0.1) is 5.10 Å². The minimum Gasteiger partial charge on any atom is -0.494 e. The minimum atomic E-state index is -0.341. The first-order chi connectivity index (χ1) is 15.3. The van der Waals surface area contributed by atoms with Crippen molar-refractivity contribution in [3.05, 3.63) is 46.0 Å². The zero-order valence-corrected chi connectivity index (χ0v) is 19.6. The van der Waals surface area contributed by atoms with Crippen molar-refractivity contribution in [1.82, 2.24) is 35.0 Å². The van der Waals surface area contributed by atoms with E-state index < -0.39 is 0 Å². The van der Waals surface area contributed by atoms with Gasteiger partial charge in [0, 0.05) is 42.6 Å². The van der Waals surface area contributed by atoms with Gasteiger partial charge in [-0.05, 0) is 68.9 Å². The van der Waals surface area contributed by atoms with Gasteiger partial charge in [-0.1, -0.05) is 6.92 Å². The molecule has 3 aromatic rings. The molecule has 2 aromatic heterocycles. The average Bonchev–Trinajstić information content (AvgIpc) is 3.25. The Balaban J connectivity index is 1.85. The zero-order valence-electron chi connectivity index (χ0n) is 19.6. The summed E-state index contributed by atoms with van der Waals surface area (Å²) in [5.74, 6) is 1.47. The third kappa shape index (κ3) is 4.40. The van der Waals surface area contributed by atoms with Crippen LogP contribution in [0.1, 0.15) is 52.0 Å². The topological polar surface area (TPSA) is 92.2 Å². The highest BCUT2D eigenvalue weighted by molar-refractivity contribution is 5.80. The molecule has 0 radical (unpaired) electrons. The van der Waals surface area contributed by atoms with Crippen LogP contribution in [0.2, 0.25) is 0 Å². The molecule has 0 saturated carbocycles. The molecule has 4 rings (SSSR count). The third-order valence-electron chi connectivity index (χ3n) is 6.04. The molecule has 1 aromatic carbocycles. The van der Waals surface area contributed by atoms with E-state index in [1.807, 2.05) is 35.9 Å². The number of hydrogen-bond acceptors (Lipinski definition) is 7. The number of tetrazole rings is 1. The molecule has 1 aliphatic rings. The summed E-state index contributed by atoms with van der Waals surface area (Å²) in [5, 5.41) is 13.6. The van der Waals surface area contributed by atoms with Crippen LogP contribution in [0.4, 0.5) is 0 Å². The molecule has 0 bridgehead atoms. The van der Waals surface area contributed by atoms with Gasteiger partial charge in [0.05, 0.1) is 12.1 Å². The van der Waals surface area contributed by atoms with E-state index in [1.54, 1.807) is 0 Å². The minimum absolute atomic E-state index is 0.118. The first kappa shape index (κ1) is 22.4. The number of ether oxygens (including phenoxy) is 1. The van der Waals surface area contributed by atoms with Gasteiger partial charge in [-0.2, -0.15) is 0 Å². The summed E-state index contributed by atoms with van der Waals surface area (Å²) in [4.78, 5) is 21.1. The number of aromatic amines is 1. The quantitative estimate of drug-likeness (QED) is 0.630. The number of pyridine rings is 1. The van der Waals surface area contributed by atoms with E-state index >= 15 is 0 Å². The van der Waals surface area contributed by atoms with E-state index in [-0.39, 0.29) is 17.1 Å². The fourth-order valence-corrected chi connectivity index (χ4v) is 4.34. The number of H-pyrrole nitrogens is 1. The third-order valence-corrected chi connectivity index (χ3v) is 6.04. The van der Waals surface area contributed by atoms with Crippen molar-refractivity contribution in [3.63, 3.8) is 0 Å². The SMILES string of the molecule is CCOc1ccc2[nH]c(=O)c(C(c3nnnn3C(C)(C)C)N3CCN(CC)CC3)cc2c1. The second-order valence-electron chi connectivity index (χ2n) is 9.23. The highest BCUT2D eigenvalue weighted by atomic mass is 16.5. The molecule has 1 N–H and O–H groups in total. The standard InChI is InChI=1S/C23H33N7O2/c1-6-28-10-12-29(13-11-28)20(21-25-26-27-30(21)23(3,4)5)18-15-16-14-17(32-7-2)8-9-19(16)24-22(18)31/h8-9,14-15,20H,6-7,10-13H2,1-5H3,(H,24,31). The maximum Gasteiger partial charge on any atom is 0.253 e. The lowest BCUT2D eigenvalue weighted by Gasteiger charge is -2.39. The van der Waals surface area contributed by atoms with E-state index in [1.165, 1.54) is 0 Å². The highest BCUT2D eigenvalue weighted by Gasteiger charge is 2.34. The van der Waals surface area contributed by atoms with Crippen LogP contribution in [0.5, 0.6) is 5.75 Å². The van der Waals surface area contributed by atoms with Crippen LogP contribution >= 0.6 is 0 Å². The number of nitrogens with zero attached hydrogens (tertiary/aromatic N) is 6. The zero-order chi connectivity index (χ0) is 22.9. The van der Waals surface area contributed by atoms with E-state index in [0.717, 1.165) is 49.4 Å². The second-order valence-corrected chi connectivity index (χ2v) is 9.23. The molecule has 9 heteroatoms. The van der Waals surface area contributed by atoms with Crippen molar-refractivity contribution in [2.24, 2.45) is 0 Å². The molecular weight excluding hydrogens is 406 g/mol. The Bertz CT molecular complexity index is 1120. The summed E-state index contributed by atoms with van der Waals surface area (Å²) >= 11 is 0. The number of piperazine rings is 1. The monoisotopic (exact) mass is 439 g/mol. The van der Waals surface area contributed by atoms with Crippen molar-refractivity contribution in [3.8, 4) is 5.75 Å². The molecular formula is C23H33N7O2. The summed E-state index contributed by atoms with van der Waals surface area (Å²) in [6.07, 6.45) is 0. The van der Waals surface area contributed by atoms with Crippen molar-refractivity contribution in [2.75, 3.05) is 39.3 Å². The van der Waals surface area contributed by atoms with Crippen LogP contribution in [0.3, 0.4) is 0 Å². The summed E-state index contributed by atoms with van der Waals surface area (Å²) in [6.45, 7) is 15.5. The number of rotatable bonds is 6. The Morgan fingerprint density at radius 2 is 1.88 bits per heavy atom. The van der Waals surface area contributed by atoms with E-state index in [2.05, 4.69) is 58.0 Å². The van der Waals surface area contributed by atoms with E-state index in [0.29, 0.717) is 18.0 Å². The second kappa shape index (κ2) is 8.99. The lowest BCUT2D eigenvalue weighted by molar-refractivity contribution is 0.105. The van der Waals surface area contributed by atoms with Crippen LogP contribution in [-0.2, 0) is 5.54 Å². The summed E-state index contributed by atoms with van der Waals surface area (Å²) < 4.78 is 7.51. The van der Waals surface area contributed by atoms with Crippen LogP contribution < -0.4 is 10.3 Å². The lowest BCUT2D eigenvalue weighted by Crippen LogP contribution is -2.49. The Morgan fingerprint density at radius 3 is 2.53 bits per heavy atom. The van der Waals surface area contributed by atoms with Crippen LogP contribution in [0.15, 0.2) is 29.1 Å². The van der Waals surface area contributed by atoms with E-state index in [9.17, 15) is 4.79 Å². The predicted molar refractivity (Wildman–Crippen MR) is 124 cm³/mol. The summed E-state index contributed by atoms with van der Waals surface area (Å²) in [5.41, 5.74) is 1.00. The number of aromatic nitrogens is 5. The van der Waals surface area contributed by atoms with Gasteiger partial charge in [0.15, 0.2) is 5.82 Å². The molecule has 0 spiro atoms. The maximum atomic E-state index is 13.3. The van der Waals surface area contributed by atoms with Crippen molar-refractivity contribution >= 4 is 10.9 Å². The maximum absolute atomic E-state index is 13.3. The predicted octanol–water partition coefficient (Wildman–Crippen LogP) is 2.40. The molecule has 1 fully saturated rings. The van der Waals surface area contributed by atoms with Crippen LogP contribution in [0, 0.1) is 0 Å². The smallest absolute Gasteiger partial charge is 0.253 e. The van der Waals surface area contributed by atoms with Gasteiger partial charge < -0.3 is 14.6 Å². The summed E-state index contributed by atoms with van der Waals surface area (Å²) in [7, 11) is 0. The molecule has 1 unspecified atom stereocenters. The van der Waals surface area contributed by atoms with Gasteiger partial charge in [-0.25, -0.2) is 4.68 Å². The average molecular weight is 440 g/mol. The van der Waals surface area contributed by atoms with Crippen LogP contribution in [-0.4, -0.2) is 74.3 Å². The Labute approximate surface area is 188 Å². The van der Waals surface area contributed by atoms with Crippen molar-refractivity contribution in [1.29, 1.82) is 0 Å². The highest BCUT2D eigenvalue weighted by Crippen LogP contribution is 2.30. The fraction of sp³-hybridized carbons (Fsp3) is 0.565. The van der Waals surface area contributed by atoms with Crippen LogP contribution in [0.25, 0.3) is 10.9 Å². The van der Waals surface area contributed by atoms with Gasteiger partial charge in [-0.3, -0.25) is 9.69 Å². The lowest BCUT2D eigenvalue weighted by atomic mass is 10.0. The van der Waals surface area contributed by atoms with Gasteiger partial charge >= 0.3 is 0 Å². The Kier molecular flexibility index (Phi) is 6.30. The van der Waals surface area contributed by atoms with Crippen molar-refractivity contribution in [2.45, 2.75) is 46.2 Å². The number of nitrogens with one attached hydrogen (secondary N) is 1. The van der Waals surface area contributed by atoms with E-state index in [4.69, 9.17) is 4.74 Å². The Hall–Kier alpha value is -2.78. The molecule has 172 valence electrons. The largest absolute Gasteiger partial charge is 0.494 e. The number of benzene rings is 1. The van der Waals surface area contributed by atoms with Gasteiger partial charge in [0.1, 0.15) is 11.8 Å². The van der Waals surface area contributed by atoms with Gasteiger partial charge in [0.25, 0.3) is 5.56 Å². The molecule has 0 aliphatic carbocycles. The normalized spacial score (nSPS) is 17.0. The molecule has 1 saturated heterocycles. The first-order valence-corrected chi connectivity index (χ1v) is 11.4. The van der Waals surface area contributed by atoms with Crippen molar-refractivity contribution < 1.29 is 4.74 Å². The molecule has 1 aliphatic heterocycles. The van der Waals surface area contributed by atoms with Gasteiger partial charge in [0.2, 0.25) is 0 Å².